The topological polar surface area (TPSA) is 38.0 Å². The quantitative estimate of drug-likeness (QED) is 0.570. The third-order valence-corrected chi connectivity index (χ3v) is 4.82. The van der Waals surface area contributed by atoms with Crippen molar-refractivity contribution in [2.24, 2.45) is 17.6 Å². The summed E-state index contributed by atoms with van der Waals surface area (Å²) in [4.78, 5) is 0. The molecule has 1 aliphatic rings. The molecule has 2 nitrogen and oxygen atoms in total. The van der Waals surface area contributed by atoms with Crippen LogP contribution in [0.1, 0.15) is 65.7 Å². The number of rotatable bonds is 6. The molecular weight excluding hydrogens is 232 g/mol. The van der Waals surface area contributed by atoms with Crippen LogP contribution in [0.3, 0.4) is 0 Å². The van der Waals surface area contributed by atoms with Crippen molar-refractivity contribution in [1.82, 2.24) is 5.32 Å². The highest BCUT2D eigenvalue weighted by Crippen LogP contribution is 2.34. The van der Waals surface area contributed by atoms with E-state index < -0.39 is 0 Å². The zero-order valence-electron chi connectivity index (χ0n) is 13.0. The van der Waals surface area contributed by atoms with Gasteiger partial charge in [-0.05, 0) is 37.5 Å². The van der Waals surface area contributed by atoms with Crippen molar-refractivity contribution in [2.75, 3.05) is 6.54 Å². The summed E-state index contributed by atoms with van der Waals surface area (Å²) in [6, 6.07) is 0.184. The fraction of sp³-hybridized carbons (Fsp3) is 0.882. The molecule has 1 saturated carbocycles. The van der Waals surface area contributed by atoms with Crippen LogP contribution in [0.4, 0.5) is 0 Å². The van der Waals surface area contributed by atoms with Crippen molar-refractivity contribution in [2.45, 2.75) is 77.3 Å². The minimum Gasteiger partial charge on any atom is -0.329 e. The van der Waals surface area contributed by atoms with Gasteiger partial charge in [-0.1, -0.05) is 46.0 Å². The van der Waals surface area contributed by atoms with Crippen LogP contribution in [-0.4, -0.2) is 18.1 Å². The van der Waals surface area contributed by atoms with Gasteiger partial charge in [0.15, 0.2) is 0 Å². The average molecular weight is 264 g/mol. The van der Waals surface area contributed by atoms with Crippen molar-refractivity contribution in [3.63, 3.8) is 0 Å². The number of hydrogen-bond donors (Lipinski definition) is 2. The minimum atomic E-state index is 0.0792. The predicted octanol–water partition coefficient (Wildman–Crippen LogP) is 3.31. The molecule has 0 heterocycles. The van der Waals surface area contributed by atoms with Crippen LogP contribution in [0.5, 0.6) is 0 Å². The van der Waals surface area contributed by atoms with Crippen molar-refractivity contribution in [3.8, 4) is 12.3 Å². The molecule has 1 fully saturated rings. The molecule has 0 radical (unpaired) electrons. The first-order chi connectivity index (χ1) is 9.06. The molecule has 19 heavy (non-hydrogen) atoms. The summed E-state index contributed by atoms with van der Waals surface area (Å²) in [6.07, 6.45) is 14.1. The molecule has 3 N–H and O–H groups in total. The van der Waals surface area contributed by atoms with Crippen LogP contribution in [0.25, 0.3) is 0 Å². The van der Waals surface area contributed by atoms with E-state index in [4.69, 9.17) is 12.2 Å². The highest BCUT2D eigenvalue weighted by molar-refractivity contribution is 5.04. The molecule has 1 aliphatic carbocycles. The molecule has 0 amide bonds. The van der Waals surface area contributed by atoms with Gasteiger partial charge in [-0.15, -0.1) is 6.42 Å². The van der Waals surface area contributed by atoms with Crippen molar-refractivity contribution < 1.29 is 0 Å². The zero-order chi connectivity index (χ0) is 14.3. The maximum atomic E-state index is 6.10. The lowest BCUT2D eigenvalue weighted by Crippen LogP contribution is -2.54. The minimum absolute atomic E-state index is 0.0792. The Kier molecular flexibility index (Phi) is 6.89. The molecule has 0 spiro atoms. The van der Waals surface area contributed by atoms with Crippen LogP contribution >= 0.6 is 0 Å². The molecule has 1 rings (SSSR count). The molecule has 0 aromatic carbocycles. The number of terminal acetylenes is 1. The van der Waals surface area contributed by atoms with E-state index in [9.17, 15) is 0 Å². The normalized spacial score (nSPS) is 29.8. The smallest absolute Gasteiger partial charge is 0.0691 e. The second-order valence-electron chi connectivity index (χ2n) is 6.57. The maximum Gasteiger partial charge on any atom is 0.0691 e. The first kappa shape index (κ1) is 16.5. The van der Waals surface area contributed by atoms with Gasteiger partial charge in [-0.25, -0.2) is 0 Å². The lowest BCUT2D eigenvalue weighted by atomic mass is 9.86. The Labute approximate surface area is 119 Å². The summed E-state index contributed by atoms with van der Waals surface area (Å²) in [6.45, 7) is 7.58. The van der Waals surface area contributed by atoms with E-state index >= 15 is 0 Å². The summed E-state index contributed by atoms with van der Waals surface area (Å²) >= 11 is 0. The standard InChI is InChI=1S/C17H32N2/c1-5-8-16(6-2)19-17(13-18)11-7-9-15(10-12-17)14(3)4/h2,14-16,19H,5,7-13,18H2,1,3-4H3. The summed E-state index contributed by atoms with van der Waals surface area (Å²) in [5, 5.41) is 3.71. The highest BCUT2D eigenvalue weighted by atomic mass is 15.0. The number of nitrogens with one attached hydrogen (secondary N) is 1. The van der Waals surface area contributed by atoms with Gasteiger partial charge in [-0.2, -0.15) is 0 Å². The van der Waals surface area contributed by atoms with Crippen molar-refractivity contribution in [1.29, 1.82) is 0 Å². The van der Waals surface area contributed by atoms with E-state index in [0.29, 0.717) is 6.54 Å². The van der Waals surface area contributed by atoms with Crippen LogP contribution in [0.2, 0.25) is 0 Å². The van der Waals surface area contributed by atoms with Gasteiger partial charge in [0, 0.05) is 12.1 Å². The molecule has 0 aliphatic heterocycles. The third kappa shape index (κ3) is 4.82. The fourth-order valence-corrected chi connectivity index (χ4v) is 3.36. The third-order valence-electron chi connectivity index (χ3n) is 4.82. The Hall–Kier alpha value is -0.520. The molecule has 110 valence electrons. The van der Waals surface area contributed by atoms with Gasteiger partial charge >= 0.3 is 0 Å². The monoisotopic (exact) mass is 264 g/mol. The summed E-state index contributed by atoms with van der Waals surface area (Å²) in [5.74, 6) is 4.53. The second-order valence-corrected chi connectivity index (χ2v) is 6.57. The van der Waals surface area contributed by atoms with E-state index in [-0.39, 0.29) is 11.6 Å². The van der Waals surface area contributed by atoms with E-state index in [0.717, 1.165) is 24.7 Å². The molecule has 3 unspecified atom stereocenters. The summed E-state index contributed by atoms with van der Waals surface area (Å²) in [5.41, 5.74) is 6.18. The average Bonchev–Trinajstić information content (AvgIpc) is 2.61. The van der Waals surface area contributed by atoms with E-state index in [1.807, 2.05) is 0 Å². The van der Waals surface area contributed by atoms with Crippen molar-refractivity contribution in [3.05, 3.63) is 0 Å². The van der Waals surface area contributed by atoms with Gasteiger partial charge < -0.3 is 5.73 Å². The molecule has 0 aromatic heterocycles. The van der Waals surface area contributed by atoms with E-state index in [1.165, 1.54) is 32.1 Å². The van der Waals surface area contributed by atoms with Crippen LogP contribution < -0.4 is 11.1 Å². The lowest BCUT2D eigenvalue weighted by Gasteiger charge is -2.35. The number of hydrogen-bond acceptors (Lipinski definition) is 2. The van der Waals surface area contributed by atoms with E-state index in [1.54, 1.807) is 0 Å². The summed E-state index contributed by atoms with van der Waals surface area (Å²) < 4.78 is 0. The largest absolute Gasteiger partial charge is 0.329 e. The van der Waals surface area contributed by atoms with Gasteiger partial charge in [-0.3, -0.25) is 5.32 Å². The zero-order valence-corrected chi connectivity index (χ0v) is 13.0. The Morgan fingerprint density at radius 3 is 2.63 bits per heavy atom. The Bertz CT molecular complexity index is 292. The molecule has 3 atom stereocenters. The first-order valence-corrected chi connectivity index (χ1v) is 8.00. The molecule has 0 bridgehead atoms. The molecule has 2 heteroatoms. The Balaban J connectivity index is 2.67. The highest BCUT2D eigenvalue weighted by Gasteiger charge is 2.33. The maximum absolute atomic E-state index is 6.10. The molecular formula is C17H32N2. The fourth-order valence-electron chi connectivity index (χ4n) is 3.36. The van der Waals surface area contributed by atoms with Crippen LogP contribution in [-0.2, 0) is 0 Å². The van der Waals surface area contributed by atoms with Crippen molar-refractivity contribution >= 4 is 0 Å². The summed E-state index contributed by atoms with van der Waals surface area (Å²) in [7, 11) is 0. The Morgan fingerprint density at radius 2 is 2.11 bits per heavy atom. The first-order valence-electron chi connectivity index (χ1n) is 8.00. The Morgan fingerprint density at radius 1 is 1.37 bits per heavy atom. The SMILES string of the molecule is C#CC(CCC)NC1(CN)CCCC(C(C)C)CC1. The van der Waals surface area contributed by atoms with Crippen LogP contribution in [0, 0.1) is 24.2 Å². The van der Waals surface area contributed by atoms with Gasteiger partial charge in [0.2, 0.25) is 0 Å². The predicted molar refractivity (Wildman–Crippen MR) is 83.9 cm³/mol. The molecule has 0 saturated heterocycles. The van der Waals surface area contributed by atoms with Gasteiger partial charge in [0.25, 0.3) is 0 Å². The second kappa shape index (κ2) is 7.92. The number of nitrogens with two attached hydrogens (primary N) is 1. The van der Waals surface area contributed by atoms with Crippen LogP contribution in [0.15, 0.2) is 0 Å². The van der Waals surface area contributed by atoms with Gasteiger partial charge in [0.05, 0.1) is 6.04 Å². The lowest BCUT2D eigenvalue weighted by molar-refractivity contribution is 0.262. The van der Waals surface area contributed by atoms with Gasteiger partial charge in [0.1, 0.15) is 0 Å². The molecule has 0 aromatic rings. The van der Waals surface area contributed by atoms with E-state index in [2.05, 4.69) is 32.0 Å².